The summed E-state index contributed by atoms with van der Waals surface area (Å²) in [7, 11) is 0. The predicted octanol–water partition coefficient (Wildman–Crippen LogP) is 4.80. The molecule has 0 aliphatic heterocycles. The van der Waals surface area contributed by atoms with E-state index in [1.165, 1.54) is 11.8 Å². The Labute approximate surface area is 201 Å². The maximum atomic E-state index is 12.8. The molecule has 2 atom stereocenters. The van der Waals surface area contributed by atoms with Crippen molar-refractivity contribution in [3.05, 3.63) is 59.7 Å². The van der Waals surface area contributed by atoms with Gasteiger partial charge in [0.15, 0.2) is 0 Å². The van der Waals surface area contributed by atoms with Crippen molar-refractivity contribution in [2.75, 3.05) is 13.2 Å². The first kappa shape index (κ1) is 25.3. The van der Waals surface area contributed by atoms with Crippen molar-refractivity contribution in [2.45, 2.75) is 64.5 Å². The third kappa shape index (κ3) is 5.76. The van der Waals surface area contributed by atoms with E-state index in [0.29, 0.717) is 6.42 Å². The van der Waals surface area contributed by atoms with Crippen LogP contribution in [0.25, 0.3) is 11.1 Å². The number of likely N-dealkylation sites (N-methyl/N-ethyl adjacent to an activating group) is 1. The Morgan fingerprint density at radius 2 is 1.62 bits per heavy atom. The maximum Gasteiger partial charge on any atom is 0.407 e. The van der Waals surface area contributed by atoms with Crippen LogP contribution in [-0.4, -0.2) is 53.2 Å². The summed E-state index contributed by atoms with van der Waals surface area (Å²) in [5.41, 5.74) is 4.59. The van der Waals surface area contributed by atoms with Crippen molar-refractivity contribution >= 4 is 18.0 Å². The minimum atomic E-state index is -1.05. The molecule has 0 heterocycles. The smallest absolute Gasteiger partial charge is 0.407 e. The van der Waals surface area contributed by atoms with Crippen LogP contribution in [0.5, 0.6) is 0 Å². The lowest BCUT2D eigenvalue weighted by atomic mass is 9.98. The topological polar surface area (TPSA) is 95.9 Å². The number of ether oxygens (including phenoxy) is 1. The van der Waals surface area contributed by atoms with Crippen molar-refractivity contribution in [2.24, 2.45) is 0 Å². The summed E-state index contributed by atoms with van der Waals surface area (Å²) in [6.07, 6.45) is 1.84. The third-order valence-electron chi connectivity index (χ3n) is 6.48. The third-order valence-corrected chi connectivity index (χ3v) is 6.48. The normalized spacial score (nSPS) is 14.0. The largest absolute Gasteiger partial charge is 0.480 e. The molecule has 1 unspecified atom stereocenters. The summed E-state index contributed by atoms with van der Waals surface area (Å²) in [5.74, 6) is -1.39. The van der Waals surface area contributed by atoms with Crippen molar-refractivity contribution in [1.29, 1.82) is 0 Å². The molecule has 34 heavy (non-hydrogen) atoms. The summed E-state index contributed by atoms with van der Waals surface area (Å²) in [4.78, 5) is 38.2. The highest BCUT2D eigenvalue weighted by Crippen LogP contribution is 2.44. The van der Waals surface area contributed by atoms with Gasteiger partial charge in [-0.05, 0) is 42.5 Å². The van der Waals surface area contributed by atoms with Gasteiger partial charge in [-0.15, -0.1) is 0 Å². The molecule has 3 rings (SSSR count). The highest BCUT2D eigenvalue weighted by molar-refractivity contribution is 5.84. The molecule has 0 spiro atoms. The number of alkyl carbamates (subject to hydrolysis) is 1. The fourth-order valence-electron chi connectivity index (χ4n) is 4.61. The van der Waals surface area contributed by atoms with Gasteiger partial charge in [-0.3, -0.25) is 4.79 Å². The first-order chi connectivity index (χ1) is 16.4. The van der Waals surface area contributed by atoms with Gasteiger partial charge in [-0.25, -0.2) is 9.59 Å². The second kappa shape index (κ2) is 11.7. The summed E-state index contributed by atoms with van der Waals surface area (Å²) in [6.45, 7) is 5.77. The Balaban J connectivity index is 1.64. The highest BCUT2D eigenvalue weighted by atomic mass is 16.5. The van der Waals surface area contributed by atoms with E-state index in [1.54, 1.807) is 6.92 Å². The number of nitrogens with zero attached hydrogens (tertiary/aromatic N) is 1. The van der Waals surface area contributed by atoms with Gasteiger partial charge in [-0.1, -0.05) is 68.3 Å². The SMILES string of the molecule is CCCC[C@H](CC(=O)N(CC)C(C)C(=O)O)NC(=O)OCC1c2ccccc2-c2ccccc21. The number of nitrogens with one attached hydrogen (secondary N) is 1. The fraction of sp³-hybridized carbons (Fsp3) is 0.444. The number of benzene rings is 2. The lowest BCUT2D eigenvalue weighted by Gasteiger charge is -2.27. The van der Waals surface area contributed by atoms with Crippen LogP contribution in [-0.2, 0) is 14.3 Å². The van der Waals surface area contributed by atoms with Gasteiger partial charge < -0.3 is 20.1 Å². The Morgan fingerprint density at radius 1 is 1.03 bits per heavy atom. The zero-order valence-electron chi connectivity index (χ0n) is 20.1. The Kier molecular flexibility index (Phi) is 8.68. The molecule has 2 N–H and O–H groups in total. The van der Waals surface area contributed by atoms with E-state index in [-0.39, 0.29) is 31.4 Å². The number of carbonyl (C=O) groups is 3. The molecule has 1 aliphatic rings. The van der Waals surface area contributed by atoms with Gasteiger partial charge in [0, 0.05) is 24.9 Å². The summed E-state index contributed by atoms with van der Waals surface area (Å²) in [5, 5.41) is 12.1. The lowest BCUT2D eigenvalue weighted by Crippen LogP contribution is -2.46. The average molecular weight is 467 g/mol. The Hall–Kier alpha value is -3.35. The Morgan fingerprint density at radius 3 is 2.15 bits per heavy atom. The molecule has 0 aromatic heterocycles. The standard InChI is InChI=1S/C27H34N2O5/c1-4-6-11-19(16-25(30)29(5-2)18(3)26(31)32)28-27(33)34-17-24-22-14-9-7-12-20(22)21-13-8-10-15-23(21)24/h7-10,12-15,18-19,24H,4-6,11,16-17H2,1-3H3,(H,28,33)(H,31,32)/t18?,19-/m1/s1. The monoisotopic (exact) mass is 466 g/mol. The van der Waals surface area contributed by atoms with E-state index in [9.17, 15) is 19.5 Å². The van der Waals surface area contributed by atoms with E-state index in [0.717, 1.165) is 35.1 Å². The van der Waals surface area contributed by atoms with Crippen LogP contribution in [0.2, 0.25) is 0 Å². The zero-order valence-corrected chi connectivity index (χ0v) is 20.1. The van der Waals surface area contributed by atoms with Crippen molar-refractivity contribution in [3.63, 3.8) is 0 Å². The van der Waals surface area contributed by atoms with Crippen LogP contribution in [0, 0.1) is 0 Å². The van der Waals surface area contributed by atoms with Crippen LogP contribution in [0.1, 0.15) is 63.5 Å². The summed E-state index contributed by atoms with van der Waals surface area (Å²) < 4.78 is 5.64. The molecule has 0 saturated heterocycles. The molecular formula is C27H34N2O5. The van der Waals surface area contributed by atoms with Crippen molar-refractivity contribution < 1.29 is 24.2 Å². The number of carboxylic acid groups (broad SMARTS) is 1. The molecule has 2 aromatic rings. The predicted molar refractivity (Wildman–Crippen MR) is 131 cm³/mol. The van der Waals surface area contributed by atoms with Crippen LogP contribution < -0.4 is 5.32 Å². The quantitative estimate of drug-likeness (QED) is 0.496. The van der Waals surface area contributed by atoms with Crippen LogP contribution in [0.4, 0.5) is 4.79 Å². The van der Waals surface area contributed by atoms with Gasteiger partial charge in [0.1, 0.15) is 12.6 Å². The number of carboxylic acids is 1. The fourth-order valence-corrected chi connectivity index (χ4v) is 4.61. The Bertz CT molecular complexity index is 976. The molecule has 2 amide bonds. The van der Waals surface area contributed by atoms with Crippen LogP contribution in [0.15, 0.2) is 48.5 Å². The number of aliphatic carboxylic acids is 1. The van der Waals surface area contributed by atoms with E-state index in [4.69, 9.17) is 4.74 Å². The summed E-state index contributed by atoms with van der Waals surface area (Å²) in [6, 6.07) is 14.9. The highest BCUT2D eigenvalue weighted by Gasteiger charge is 2.30. The second-order valence-corrected chi connectivity index (χ2v) is 8.71. The van der Waals surface area contributed by atoms with E-state index in [1.807, 2.05) is 31.2 Å². The van der Waals surface area contributed by atoms with Crippen molar-refractivity contribution in [1.82, 2.24) is 10.2 Å². The minimum absolute atomic E-state index is 0.0374. The number of unbranched alkanes of at least 4 members (excludes halogenated alkanes) is 1. The van der Waals surface area contributed by atoms with E-state index >= 15 is 0 Å². The molecule has 0 fully saturated rings. The number of hydrogen-bond acceptors (Lipinski definition) is 4. The molecule has 1 aliphatic carbocycles. The number of carbonyl (C=O) groups excluding carboxylic acids is 2. The molecular weight excluding hydrogens is 432 g/mol. The van der Waals surface area contributed by atoms with E-state index < -0.39 is 24.1 Å². The van der Waals surface area contributed by atoms with Gasteiger partial charge in [0.2, 0.25) is 5.91 Å². The molecule has 2 aromatic carbocycles. The lowest BCUT2D eigenvalue weighted by molar-refractivity contribution is -0.149. The molecule has 0 bridgehead atoms. The number of amides is 2. The zero-order chi connectivity index (χ0) is 24.7. The van der Waals surface area contributed by atoms with Crippen LogP contribution in [0.3, 0.4) is 0 Å². The van der Waals surface area contributed by atoms with Gasteiger partial charge in [0.25, 0.3) is 0 Å². The molecule has 0 radical (unpaired) electrons. The first-order valence-electron chi connectivity index (χ1n) is 12.0. The summed E-state index contributed by atoms with van der Waals surface area (Å²) >= 11 is 0. The first-order valence-corrected chi connectivity index (χ1v) is 12.0. The van der Waals surface area contributed by atoms with Crippen LogP contribution >= 0.6 is 0 Å². The number of fused-ring (bicyclic) bond motifs is 3. The molecule has 0 saturated carbocycles. The second-order valence-electron chi connectivity index (χ2n) is 8.71. The van der Waals surface area contributed by atoms with Gasteiger partial charge in [-0.2, -0.15) is 0 Å². The molecule has 7 nitrogen and oxygen atoms in total. The molecule has 182 valence electrons. The number of hydrogen-bond donors (Lipinski definition) is 2. The average Bonchev–Trinajstić information content (AvgIpc) is 3.15. The van der Waals surface area contributed by atoms with Crippen molar-refractivity contribution in [3.8, 4) is 11.1 Å². The molecule has 7 heteroatoms. The van der Waals surface area contributed by atoms with E-state index in [2.05, 4.69) is 29.6 Å². The van der Waals surface area contributed by atoms with Gasteiger partial charge in [0.05, 0.1) is 0 Å². The van der Waals surface area contributed by atoms with Gasteiger partial charge >= 0.3 is 12.1 Å². The number of rotatable bonds is 11. The maximum absolute atomic E-state index is 12.8. The minimum Gasteiger partial charge on any atom is -0.480 e.